The largest absolute Gasteiger partial charge is 0.442 e. The van der Waals surface area contributed by atoms with Crippen molar-refractivity contribution < 1.29 is 18.9 Å². The van der Waals surface area contributed by atoms with Crippen LogP contribution in [0.3, 0.4) is 0 Å². The Hall–Kier alpha value is -2.43. The van der Waals surface area contributed by atoms with Gasteiger partial charge >= 0.3 is 5.88 Å². The lowest BCUT2D eigenvalue weighted by Gasteiger charge is -2.16. The highest BCUT2D eigenvalue weighted by molar-refractivity contribution is 14.1. The van der Waals surface area contributed by atoms with Gasteiger partial charge in [0, 0.05) is 16.1 Å². The zero-order chi connectivity index (χ0) is 16.6. The van der Waals surface area contributed by atoms with E-state index in [4.69, 9.17) is 9.15 Å². The summed E-state index contributed by atoms with van der Waals surface area (Å²) >= 11 is 2.17. The maximum absolute atomic E-state index is 11.8. The van der Waals surface area contributed by atoms with Crippen molar-refractivity contribution in [1.82, 2.24) is 5.01 Å². The fourth-order valence-electron chi connectivity index (χ4n) is 2.03. The Morgan fingerprint density at radius 1 is 1.30 bits per heavy atom. The Balaban J connectivity index is 1.91. The van der Waals surface area contributed by atoms with Crippen LogP contribution in [0.4, 0.5) is 5.88 Å². The number of rotatable bonds is 3. The molecule has 0 aliphatic carbocycles. The quantitative estimate of drug-likeness (QED) is 0.426. The van der Waals surface area contributed by atoms with Crippen LogP contribution in [0.25, 0.3) is 0 Å². The highest BCUT2D eigenvalue weighted by atomic mass is 127. The molecule has 0 saturated heterocycles. The fourth-order valence-corrected chi connectivity index (χ4v) is 2.39. The summed E-state index contributed by atoms with van der Waals surface area (Å²) in [6.45, 7) is 1.33. The molecule has 0 spiro atoms. The van der Waals surface area contributed by atoms with E-state index in [1.807, 2.05) is 24.3 Å². The molecule has 1 aliphatic heterocycles. The summed E-state index contributed by atoms with van der Waals surface area (Å²) in [6, 6.07) is 9.98. The summed E-state index contributed by atoms with van der Waals surface area (Å²) in [7, 11) is 0. The van der Waals surface area contributed by atoms with Crippen molar-refractivity contribution in [3.63, 3.8) is 0 Å². The minimum absolute atomic E-state index is 0.135. The van der Waals surface area contributed by atoms with Crippen molar-refractivity contribution in [3.8, 4) is 0 Å². The first-order chi connectivity index (χ1) is 11.0. The summed E-state index contributed by atoms with van der Waals surface area (Å²) in [4.78, 5) is 21.8. The van der Waals surface area contributed by atoms with Crippen LogP contribution >= 0.6 is 22.6 Å². The molecule has 1 aliphatic rings. The third-order valence-electron chi connectivity index (χ3n) is 3.09. The second-order valence-electron chi connectivity index (χ2n) is 4.68. The van der Waals surface area contributed by atoms with E-state index >= 15 is 0 Å². The molecule has 23 heavy (non-hydrogen) atoms. The van der Waals surface area contributed by atoms with Crippen LogP contribution in [-0.4, -0.2) is 21.7 Å². The fraction of sp³-hybridized carbons (Fsp3) is 0.143. The Kier molecular flexibility index (Phi) is 4.03. The van der Waals surface area contributed by atoms with Crippen LogP contribution in [0.5, 0.6) is 0 Å². The van der Waals surface area contributed by atoms with E-state index in [1.165, 1.54) is 19.1 Å². The average Bonchev–Trinajstić information content (AvgIpc) is 3.14. The van der Waals surface area contributed by atoms with Gasteiger partial charge < -0.3 is 9.15 Å². The number of carbonyl (C=O) groups excluding carboxylic acids is 1. The number of halogens is 1. The van der Waals surface area contributed by atoms with Gasteiger partial charge in [0.25, 0.3) is 6.23 Å². The maximum Gasteiger partial charge on any atom is 0.433 e. The number of benzene rings is 1. The molecule has 3 rings (SSSR count). The van der Waals surface area contributed by atoms with Crippen LogP contribution in [0.1, 0.15) is 24.5 Å². The van der Waals surface area contributed by atoms with Crippen molar-refractivity contribution in [3.05, 3.63) is 61.4 Å². The highest BCUT2D eigenvalue weighted by Gasteiger charge is 2.36. The number of furan rings is 1. The molecule has 0 fully saturated rings. The maximum atomic E-state index is 11.8. The van der Waals surface area contributed by atoms with Crippen LogP contribution in [0.2, 0.25) is 0 Å². The first kappa shape index (κ1) is 15.5. The molecule has 0 N–H and O–H groups in total. The standard InChI is InChI=1S/C14H10IN3O5/c1-8(19)17-14(11-6-7-12(22-11)18(20)21)23-13(16-17)9-2-4-10(15)5-3-9/h2-7,14H,1H3. The van der Waals surface area contributed by atoms with E-state index in [0.29, 0.717) is 5.56 Å². The summed E-state index contributed by atoms with van der Waals surface area (Å²) in [5.41, 5.74) is 0.695. The lowest BCUT2D eigenvalue weighted by atomic mass is 10.2. The first-order valence-corrected chi connectivity index (χ1v) is 7.58. The molecule has 8 nitrogen and oxygen atoms in total. The van der Waals surface area contributed by atoms with Gasteiger partial charge in [0.05, 0.1) is 6.07 Å². The summed E-state index contributed by atoms with van der Waals surface area (Å²) in [6.07, 6.45) is -0.963. The van der Waals surface area contributed by atoms with Crippen molar-refractivity contribution in [2.24, 2.45) is 5.10 Å². The zero-order valence-electron chi connectivity index (χ0n) is 11.8. The van der Waals surface area contributed by atoms with Gasteiger partial charge in [-0.2, -0.15) is 5.01 Å². The number of nitrogens with zero attached hydrogens (tertiary/aromatic N) is 3. The lowest BCUT2D eigenvalue weighted by Crippen LogP contribution is -2.24. The van der Waals surface area contributed by atoms with Crippen LogP contribution in [0, 0.1) is 13.7 Å². The number of amides is 1. The van der Waals surface area contributed by atoms with Gasteiger partial charge in [-0.25, -0.2) is 0 Å². The van der Waals surface area contributed by atoms with Crippen molar-refractivity contribution in [1.29, 1.82) is 0 Å². The summed E-state index contributed by atoms with van der Waals surface area (Å²) < 4.78 is 11.8. The Bertz CT molecular complexity index is 799. The predicted molar refractivity (Wildman–Crippen MR) is 87.4 cm³/mol. The average molecular weight is 427 g/mol. The van der Waals surface area contributed by atoms with E-state index in [0.717, 1.165) is 8.58 Å². The number of hydrogen-bond donors (Lipinski definition) is 0. The Labute approximate surface area is 144 Å². The number of hydrazone groups is 1. The summed E-state index contributed by atoms with van der Waals surface area (Å²) in [5, 5.41) is 16.0. The smallest absolute Gasteiger partial charge is 0.433 e. The molecule has 1 aromatic carbocycles. The van der Waals surface area contributed by atoms with E-state index in [2.05, 4.69) is 27.7 Å². The SMILES string of the molecule is CC(=O)N1N=C(c2ccc(I)cc2)OC1c1ccc([N+](=O)[O-])o1. The summed E-state index contributed by atoms with van der Waals surface area (Å²) in [5.74, 6) is -0.402. The van der Waals surface area contributed by atoms with Gasteiger partial charge in [-0.15, -0.1) is 5.10 Å². The Morgan fingerprint density at radius 2 is 2.00 bits per heavy atom. The predicted octanol–water partition coefficient (Wildman–Crippen LogP) is 3.03. The van der Waals surface area contributed by atoms with Crippen LogP contribution in [0.15, 0.2) is 45.9 Å². The van der Waals surface area contributed by atoms with E-state index in [-0.39, 0.29) is 17.6 Å². The van der Waals surface area contributed by atoms with Crippen molar-refractivity contribution in [2.75, 3.05) is 0 Å². The second kappa shape index (κ2) is 5.99. The third-order valence-corrected chi connectivity index (χ3v) is 3.81. The monoisotopic (exact) mass is 427 g/mol. The molecular weight excluding hydrogens is 417 g/mol. The molecule has 1 amide bonds. The van der Waals surface area contributed by atoms with Gasteiger partial charge in [-0.3, -0.25) is 14.9 Å². The highest BCUT2D eigenvalue weighted by Crippen LogP contribution is 2.32. The van der Waals surface area contributed by atoms with Gasteiger partial charge in [0.15, 0.2) is 5.76 Å². The van der Waals surface area contributed by atoms with Crippen LogP contribution < -0.4 is 0 Å². The van der Waals surface area contributed by atoms with Crippen LogP contribution in [-0.2, 0) is 9.53 Å². The second-order valence-corrected chi connectivity index (χ2v) is 5.92. The molecule has 0 saturated carbocycles. The van der Waals surface area contributed by atoms with E-state index in [9.17, 15) is 14.9 Å². The lowest BCUT2D eigenvalue weighted by molar-refractivity contribution is -0.402. The van der Waals surface area contributed by atoms with Gasteiger partial charge in [0.2, 0.25) is 11.8 Å². The Morgan fingerprint density at radius 3 is 2.57 bits per heavy atom. The molecule has 1 aromatic heterocycles. The molecule has 0 bridgehead atoms. The molecule has 2 aromatic rings. The van der Waals surface area contributed by atoms with Gasteiger partial charge in [-0.05, 0) is 52.9 Å². The minimum Gasteiger partial charge on any atom is -0.442 e. The molecule has 9 heteroatoms. The van der Waals surface area contributed by atoms with Crippen molar-refractivity contribution in [2.45, 2.75) is 13.2 Å². The molecule has 1 unspecified atom stereocenters. The van der Waals surface area contributed by atoms with E-state index < -0.39 is 17.0 Å². The normalized spacial score (nSPS) is 16.9. The molecule has 1 atom stereocenters. The van der Waals surface area contributed by atoms with Crippen molar-refractivity contribution >= 4 is 40.3 Å². The molecular formula is C14H10IN3O5. The van der Waals surface area contributed by atoms with Gasteiger partial charge in [-0.1, -0.05) is 0 Å². The number of hydrogen-bond acceptors (Lipinski definition) is 6. The number of nitro groups is 1. The minimum atomic E-state index is -0.963. The number of carbonyl (C=O) groups is 1. The van der Waals surface area contributed by atoms with Gasteiger partial charge in [0.1, 0.15) is 4.92 Å². The van der Waals surface area contributed by atoms with E-state index in [1.54, 1.807) is 0 Å². The molecule has 0 radical (unpaired) electrons. The first-order valence-electron chi connectivity index (χ1n) is 6.51. The topological polar surface area (TPSA) is 98.2 Å². The molecule has 118 valence electrons. The molecule has 2 heterocycles. The zero-order valence-corrected chi connectivity index (χ0v) is 14.0. The number of ether oxygens (including phenoxy) is 1. The third kappa shape index (κ3) is 3.04.